The number of hydrogen-bond acceptors (Lipinski definition) is 0. The molecule has 0 saturated heterocycles. The highest BCUT2D eigenvalue weighted by molar-refractivity contribution is 5.46. The highest BCUT2D eigenvalue weighted by atomic mass is 14.3. The molecule has 2 aromatic carbocycles. The molecule has 0 aliphatic heterocycles. The zero-order valence-corrected chi connectivity index (χ0v) is 23.1. The molecule has 192 valence electrons. The van der Waals surface area contributed by atoms with E-state index in [0.717, 1.165) is 34.9 Å². The Labute approximate surface area is 222 Å². The van der Waals surface area contributed by atoms with Crippen LogP contribution >= 0.6 is 0 Å². The van der Waals surface area contributed by atoms with Crippen LogP contribution < -0.4 is 0 Å². The summed E-state index contributed by atoms with van der Waals surface area (Å²) in [6.45, 7) is 4.50. The van der Waals surface area contributed by atoms with Crippen LogP contribution in [0.4, 0.5) is 0 Å². The van der Waals surface area contributed by atoms with Crippen molar-refractivity contribution in [3.8, 4) is 23.7 Å². The highest BCUT2D eigenvalue weighted by Gasteiger charge is 2.20. The van der Waals surface area contributed by atoms with E-state index in [2.05, 4.69) is 86.1 Å². The van der Waals surface area contributed by atoms with Gasteiger partial charge in [0.1, 0.15) is 0 Å². The Bertz CT molecular complexity index is 963. The lowest BCUT2D eigenvalue weighted by atomic mass is 9.77. The average molecular weight is 481 g/mol. The van der Waals surface area contributed by atoms with Crippen LogP contribution in [0.1, 0.15) is 132 Å². The molecule has 0 nitrogen and oxygen atoms in total. The van der Waals surface area contributed by atoms with E-state index in [1.807, 2.05) is 0 Å². The molecule has 36 heavy (non-hydrogen) atoms. The van der Waals surface area contributed by atoms with Crippen LogP contribution in [0.5, 0.6) is 0 Å². The molecule has 3 rings (SSSR count). The number of hydrogen-bond donors (Lipinski definition) is 0. The average Bonchev–Trinajstić information content (AvgIpc) is 2.92. The van der Waals surface area contributed by atoms with Crippen LogP contribution in [0.2, 0.25) is 0 Å². The third-order valence-corrected chi connectivity index (χ3v) is 7.85. The van der Waals surface area contributed by atoms with Crippen molar-refractivity contribution < 1.29 is 0 Å². The predicted molar refractivity (Wildman–Crippen MR) is 157 cm³/mol. The summed E-state index contributed by atoms with van der Waals surface area (Å²) < 4.78 is 0. The molecular formula is C36H48. The molecule has 0 amide bonds. The SMILES string of the molecule is CCCCC#Cc1ccc(C#Cc2ccc(CCC3CCC(CCCCCCCC)CC3)cc2)cc1. The van der Waals surface area contributed by atoms with Gasteiger partial charge in [0.25, 0.3) is 0 Å². The van der Waals surface area contributed by atoms with Gasteiger partial charge in [0.2, 0.25) is 0 Å². The van der Waals surface area contributed by atoms with Crippen molar-refractivity contribution in [1.29, 1.82) is 0 Å². The first-order valence-electron chi connectivity index (χ1n) is 15.0. The van der Waals surface area contributed by atoms with Gasteiger partial charge in [-0.25, -0.2) is 0 Å². The number of rotatable bonds is 12. The predicted octanol–water partition coefficient (Wildman–Crippen LogP) is 10.1. The van der Waals surface area contributed by atoms with E-state index in [1.54, 1.807) is 0 Å². The smallest absolute Gasteiger partial charge is 0.0249 e. The lowest BCUT2D eigenvalue weighted by Gasteiger charge is -2.28. The maximum Gasteiger partial charge on any atom is 0.0249 e. The summed E-state index contributed by atoms with van der Waals surface area (Å²) in [7, 11) is 0. The van der Waals surface area contributed by atoms with Crippen molar-refractivity contribution >= 4 is 0 Å². The van der Waals surface area contributed by atoms with Crippen LogP contribution in [-0.4, -0.2) is 0 Å². The summed E-state index contributed by atoms with van der Waals surface area (Å²) in [6, 6.07) is 17.2. The monoisotopic (exact) mass is 480 g/mol. The zero-order valence-electron chi connectivity index (χ0n) is 23.1. The minimum Gasteiger partial charge on any atom is -0.0979 e. The lowest BCUT2D eigenvalue weighted by Crippen LogP contribution is -2.15. The fraction of sp³-hybridized carbons (Fsp3) is 0.556. The summed E-state index contributed by atoms with van der Waals surface area (Å²) in [5.41, 5.74) is 4.68. The van der Waals surface area contributed by atoms with Crippen LogP contribution in [0, 0.1) is 35.5 Å². The molecule has 1 fully saturated rings. The topological polar surface area (TPSA) is 0 Å². The summed E-state index contributed by atoms with van der Waals surface area (Å²) in [5, 5.41) is 0. The van der Waals surface area contributed by atoms with E-state index >= 15 is 0 Å². The minimum absolute atomic E-state index is 0.935. The van der Waals surface area contributed by atoms with E-state index in [-0.39, 0.29) is 0 Å². The summed E-state index contributed by atoms with van der Waals surface area (Å²) in [6.07, 6.45) is 21.8. The molecule has 0 spiro atoms. The molecule has 0 bridgehead atoms. The first-order valence-corrected chi connectivity index (χ1v) is 15.0. The van der Waals surface area contributed by atoms with Gasteiger partial charge in [-0.3, -0.25) is 0 Å². The third-order valence-electron chi connectivity index (χ3n) is 7.85. The first kappa shape index (κ1) is 28.1. The maximum atomic E-state index is 3.32. The second kappa shape index (κ2) is 17.1. The van der Waals surface area contributed by atoms with Crippen molar-refractivity contribution in [1.82, 2.24) is 0 Å². The van der Waals surface area contributed by atoms with Crippen molar-refractivity contribution in [2.75, 3.05) is 0 Å². The van der Waals surface area contributed by atoms with Gasteiger partial charge in [0.15, 0.2) is 0 Å². The Morgan fingerprint density at radius 2 is 1.06 bits per heavy atom. The van der Waals surface area contributed by atoms with Gasteiger partial charge in [-0.2, -0.15) is 0 Å². The van der Waals surface area contributed by atoms with Gasteiger partial charge in [0.05, 0.1) is 0 Å². The van der Waals surface area contributed by atoms with E-state index in [1.165, 1.54) is 102 Å². The Kier molecular flexibility index (Phi) is 13.4. The molecule has 1 aliphatic rings. The molecule has 0 heterocycles. The van der Waals surface area contributed by atoms with E-state index in [9.17, 15) is 0 Å². The Morgan fingerprint density at radius 3 is 1.67 bits per heavy atom. The number of benzene rings is 2. The van der Waals surface area contributed by atoms with Crippen LogP contribution in [0.3, 0.4) is 0 Å². The van der Waals surface area contributed by atoms with Gasteiger partial charge >= 0.3 is 0 Å². The number of aryl methyl sites for hydroxylation is 1. The highest BCUT2D eigenvalue weighted by Crippen LogP contribution is 2.34. The summed E-state index contributed by atoms with van der Waals surface area (Å²) >= 11 is 0. The molecule has 0 atom stereocenters. The van der Waals surface area contributed by atoms with E-state index in [4.69, 9.17) is 0 Å². The normalized spacial score (nSPS) is 17.1. The second-order valence-corrected chi connectivity index (χ2v) is 10.9. The van der Waals surface area contributed by atoms with Gasteiger partial charge in [-0.05, 0) is 73.1 Å². The Balaban J connectivity index is 1.34. The first-order chi connectivity index (χ1) is 17.8. The fourth-order valence-electron chi connectivity index (χ4n) is 5.36. The van der Waals surface area contributed by atoms with Crippen LogP contribution in [-0.2, 0) is 6.42 Å². The van der Waals surface area contributed by atoms with Crippen molar-refractivity contribution in [2.45, 2.75) is 117 Å². The van der Waals surface area contributed by atoms with Crippen LogP contribution in [0.25, 0.3) is 0 Å². The van der Waals surface area contributed by atoms with Crippen molar-refractivity contribution in [3.05, 3.63) is 70.8 Å². The third kappa shape index (κ3) is 11.1. The molecule has 0 aromatic heterocycles. The second-order valence-electron chi connectivity index (χ2n) is 10.9. The fourth-order valence-corrected chi connectivity index (χ4v) is 5.36. The van der Waals surface area contributed by atoms with Gasteiger partial charge in [-0.1, -0.05) is 127 Å². The van der Waals surface area contributed by atoms with Gasteiger partial charge in [0, 0.05) is 23.1 Å². The molecule has 1 saturated carbocycles. The molecule has 0 unspecified atom stereocenters. The quantitative estimate of drug-likeness (QED) is 0.209. The molecule has 2 aromatic rings. The van der Waals surface area contributed by atoms with E-state index in [0.29, 0.717) is 0 Å². The lowest BCUT2D eigenvalue weighted by molar-refractivity contribution is 0.248. The van der Waals surface area contributed by atoms with Crippen molar-refractivity contribution in [2.24, 2.45) is 11.8 Å². The molecule has 0 N–H and O–H groups in total. The summed E-state index contributed by atoms with van der Waals surface area (Å²) in [4.78, 5) is 0. The minimum atomic E-state index is 0.935. The number of unbranched alkanes of at least 4 members (excludes halogenated alkanes) is 7. The van der Waals surface area contributed by atoms with E-state index < -0.39 is 0 Å². The summed E-state index contributed by atoms with van der Waals surface area (Å²) in [5.74, 6) is 15.1. The molecule has 0 heteroatoms. The molecule has 0 radical (unpaired) electrons. The standard InChI is InChI=1S/C36H48/c1-3-5-7-9-10-12-14-32-17-21-34(22-18-32)24-26-36-29-27-35(28-30-36)25-23-33-19-15-31(16-20-33)13-11-8-6-4-2/h15-16,19-20,27-30,32,34H,3-10,12,14,17-18,21-22,24,26H2,1-2H3. The molecule has 1 aliphatic carbocycles. The maximum absolute atomic E-state index is 3.32. The largest absolute Gasteiger partial charge is 0.0979 e. The van der Waals surface area contributed by atoms with Crippen LogP contribution in [0.15, 0.2) is 48.5 Å². The Hall–Kier alpha value is -2.44. The van der Waals surface area contributed by atoms with Gasteiger partial charge in [-0.15, -0.1) is 0 Å². The Morgan fingerprint density at radius 1 is 0.556 bits per heavy atom. The zero-order chi connectivity index (χ0) is 25.3. The van der Waals surface area contributed by atoms with Gasteiger partial charge < -0.3 is 0 Å². The molecular weight excluding hydrogens is 432 g/mol. The van der Waals surface area contributed by atoms with Crippen molar-refractivity contribution in [3.63, 3.8) is 0 Å².